The van der Waals surface area contributed by atoms with E-state index in [1.54, 1.807) is 24.3 Å². The minimum atomic E-state index is -3.04. The van der Waals surface area contributed by atoms with Crippen molar-refractivity contribution in [3.05, 3.63) is 71.8 Å². The van der Waals surface area contributed by atoms with Crippen LogP contribution in [0.2, 0.25) is 0 Å². The molecule has 5 nitrogen and oxygen atoms in total. The minimum absolute atomic E-state index is 0.0639. The molecule has 0 radical (unpaired) electrons. The van der Waals surface area contributed by atoms with E-state index in [2.05, 4.69) is 4.99 Å². The Morgan fingerprint density at radius 3 is 2.38 bits per heavy atom. The fraction of sp³-hybridized carbons (Fsp3) is 0.263. The van der Waals surface area contributed by atoms with Crippen LogP contribution < -0.4 is 0 Å². The van der Waals surface area contributed by atoms with Crippen molar-refractivity contribution < 1.29 is 13.2 Å². The molecule has 2 heterocycles. The summed E-state index contributed by atoms with van der Waals surface area (Å²) in [6.45, 7) is 0.547. The van der Waals surface area contributed by atoms with E-state index in [4.69, 9.17) is 0 Å². The van der Waals surface area contributed by atoms with Crippen molar-refractivity contribution >= 4 is 32.7 Å². The second kappa shape index (κ2) is 6.89. The molecule has 0 aromatic heterocycles. The summed E-state index contributed by atoms with van der Waals surface area (Å²) < 4.78 is 24.1. The predicted octanol–water partition coefficient (Wildman–Crippen LogP) is 2.60. The largest absolute Gasteiger partial charge is 0.342 e. The first-order valence-electron chi connectivity index (χ1n) is 8.37. The Balaban J connectivity index is 1.64. The zero-order valence-corrected chi connectivity index (χ0v) is 15.6. The first kappa shape index (κ1) is 17.3. The summed E-state index contributed by atoms with van der Waals surface area (Å²) in [7, 11) is -3.04. The summed E-state index contributed by atoms with van der Waals surface area (Å²) in [4.78, 5) is 18.8. The molecule has 0 spiro atoms. The van der Waals surface area contributed by atoms with E-state index in [1.807, 2.05) is 41.3 Å². The van der Waals surface area contributed by atoms with Crippen LogP contribution in [-0.4, -0.2) is 47.2 Å². The number of amidine groups is 1. The van der Waals surface area contributed by atoms with Crippen LogP contribution in [0.1, 0.15) is 15.9 Å². The molecule has 26 heavy (non-hydrogen) atoms. The number of carbonyl (C=O) groups is 1. The van der Waals surface area contributed by atoms with Gasteiger partial charge >= 0.3 is 0 Å². The lowest BCUT2D eigenvalue weighted by Crippen LogP contribution is -2.37. The Labute approximate surface area is 157 Å². The molecular formula is C19H18N2O3S2. The van der Waals surface area contributed by atoms with E-state index in [0.29, 0.717) is 17.3 Å². The summed E-state index contributed by atoms with van der Waals surface area (Å²) in [6, 6.07) is 18.6. The van der Waals surface area contributed by atoms with Gasteiger partial charge in [-0.15, -0.1) is 0 Å². The number of rotatable bonds is 3. The van der Waals surface area contributed by atoms with Crippen LogP contribution in [0.4, 0.5) is 0 Å². The van der Waals surface area contributed by atoms with E-state index in [1.165, 1.54) is 11.8 Å². The molecule has 1 amide bonds. The maximum atomic E-state index is 12.5. The standard InChI is InChI=1S/C19H18N2O3S2/c22-18(15-9-5-2-6-10-15)20-19-21(11-14-7-3-1-4-8-14)16-12-26(23,24)13-17(16)25-19/h1-10,16-17H,11-13H2. The third-order valence-corrected chi connectivity index (χ3v) is 7.84. The van der Waals surface area contributed by atoms with Gasteiger partial charge in [0.05, 0.1) is 17.5 Å². The molecule has 4 rings (SSSR count). The average molecular weight is 386 g/mol. The molecule has 134 valence electrons. The molecule has 0 bridgehead atoms. The molecule has 2 fully saturated rings. The monoisotopic (exact) mass is 386 g/mol. The van der Waals surface area contributed by atoms with Crippen molar-refractivity contribution in [1.82, 2.24) is 4.90 Å². The van der Waals surface area contributed by atoms with Gasteiger partial charge in [0.25, 0.3) is 5.91 Å². The Bertz CT molecular complexity index is 943. The molecule has 2 atom stereocenters. The molecule has 0 N–H and O–H groups in total. The summed E-state index contributed by atoms with van der Waals surface area (Å²) in [5, 5.41) is 0.554. The van der Waals surface area contributed by atoms with Crippen LogP contribution in [0.25, 0.3) is 0 Å². The quantitative estimate of drug-likeness (QED) is 0.811. The van der Waals surface area contributed by atoms with Crippen LogP contribution in [-0.2, 0) is 16.4 Å². The van der Waals surface area contributed by atoms with E-state index >= 15 is 0 Å². The van der Waals surface area contributed by atoms with Crippen LogP contribution >= 0.6 is 11.8 Å². The van der Waals surface area contributed by atoms with Gasteiger partial charge in [-0.3, -0.25) is 4.79 Å². The number of hydrogen-bond acceptors (Lipinski definition) is 4. The fourth-order valence-corrected chi connectivity index (χ4v) is 7.28. The van der Waals surface area contributed by atoms with E-state index in [-0.39, 0.29) is 28.7 Å². The van der Waals surface area contributed by atoms with Crippen molar-refractivity contribution in [1.29, 1.82) is 0 Å². The van der Waals surface area contributed by atoms with Gasteiger partial charge in [0.2, 0.25) is 0 Å². The van der Waals surface area contributed by atoms with Gasteiger partial charge in [-0.1, -0.05) is 60.3 Å². The summed E-state index contributed by atoms with van der Waals surface area (Å²) in [6.07, 6.45) is 0. The third kappa shape index (κ3) is 3.54. The maximum absolute atomic E-state index is 12.5. The van der Waals surface area contributed by atoms with Crippen LogP contribution in [0.5, 0.6) is 0 Å². The lowest BCUT2D eigenvalue weighted by molar-refractivity contribution is 0.100. The zero-order chi connectivity index (χ0) is 18.1. The highest BCUT2D eigenvalue weighted by Crippen LogP contribution is 2.39. The van der Waals surface area contributed by atoms with Crippen molar-refractivity contribution in [2.24, 2.45) is 4.99 Å². The smallest absolute Gasteiger partial charge is 0.279 e. The SMILES string of the molecule is O=C(N=C1SC2CS(=O)(=O)CC2N1Cc1ccccc1)c1ccccc1. The second-order valence-electron chi connectivity index (χ2n) is 6.48. The van der Waals surface area contributed by atoms with Crippen molar-refractivity contribution in [2.75, 3.05) is 11.5 Å². The van der Waals surface area contributed by atoms with Crippen molar-refractivity contribution in [3.8, 4) is 0 Å². The van der Waals surface area contributed by atoms with Crippen molar-refractivity contribution in [2.45, 2.75) is 17.8 Å². The highest BCUT2D eigenvalue weighted by molar-refractivity contribution is 8.15. The fourth-order valence-electron chi connectivity index (χ4n) is 3.33. The number of thioether (sulfide) groups is 1. The number of fused-ring (bicyclic) bond motifs is 1. The van der Waals surface area contributed by atoms with E-state index in [9.17, 15) is 13.2 Å². The first-order chi connectivity index (χ1) is 12.5. The van der Waals surface area contributed by atoms with Gasteiger partial charge in [0.15, 0.2) is 15.0 Å². The van der Waals surface area contributed by atoms with E-state index < -0.39 is 9.84 Å². The van der Waals surface area contributed by atoms with Gasteiger partial charge in [-0.05, 0) is 17.7 Å². The third-order valence-electron chi connectivity index (χ3n) is 4.59. The number of aliphatic imine (C=N–C) groups is 1. The second-order valence-corrected chi connectivity index (χ2v) is 9.84. The number of hydrogen-bond donors (Lipinski definition) is 0. The summed E-state index contributed by atoms with van der Waals surface area (Å²) in [5.41, 5.74) is 1.60. The molecule has 2 aliphatic heterocycles. The molecule has 0 saturated carbocycles. The topological polar surface area (TPSA) is 66.8 Å². The highest BCUT2D eigenvalue weighted by Gasteiger charge is 2.48. The molecule has 2 aliphatic rings. The first-order valence-corrected chi connectivity index (χ1v) is 11.1. The van der Waals surface area contributed by atoms with E-state index in [0.717, 1.165) is 5.56 Å². The average Bonchev–Trinajstić information content (AvgIpc) is 3.09. The normalized spacial score (nSPS) is 25.4. The van der Waals surface area contributed by atoms with Gasteiger partial charge in [0.1, 0.15) is 0 Å². The molecule has 2 aromatic carbocycles. The Hall–Kier alpha value is -2.12. The maximum Gasteiger partial charge on any atom is 0.279 e. The number of nitrogens with zero attached hydrogens (tertiary/aromatic N) is 2. The molecule has 7 heteroatoms. The lowest BCUT2D eigenvalue weighted by atomic mass is 10.1. The molecular weight excluding hydrogens is 368 g/mol. The van der Waals surface area contributed by atoms with Gasteiger partial charge in [-0.2, -0.15) is 4.99 Å². The zero-order valence-electron chi connectivity index (χ0n) is 14.0. The molecule has 0 aliphatic carbocycles. The number of sulfone groups is 1. The van der Waals surface area contributed by atoms with Crippen LogP contribution in [0.3, 0.4) is 0 Å². The number of amides is 1. The lowest BCUT2D eigenvalue weighted by Gasteiger charge is -2.24. The summed E-state index contributed by atoms with van der Waals surface area (Å²) >= 11 is 1.41. The number of carbonyl (C=O) groups excluding carboxylic acids is 1. The molecule has 2 aromatic rings. The van der Waals surface area contributed by atoms with Gasteiger partial charge < -0.3 is 4.90 Å². The van der Waals surface area contributed by atoms with Crippen LogP contribution in [0.15, 0.2) is 65.7 Å². The highest BCUT2D eigenvalue weighted by atomic mass is 32.2. The van der Waals surface area contributed by atoms with Gasteiger partial charge in [-0.25, -0.2) is 8.42 Å². The Morgan fingerprint density at radius 2 is 1.69 bits per heavy atom. The minimum Gasteiger partial charge on any atom is -0.342 e. The number of benzene rings is 2. The molecule has 2 saturated heterocycles. The predicted molar refractivity (Wildman–Crippen MR) is 104 cm³/mol. The van der Waals surface area contributed by atoms with Crippen LogP contribution in [0, 0.1) is 0 Å². The Morgan fingerprint density at radius 1 is 1.04 bits per heavy atom. The molecule has 2 unspecified atom stereocenters. The Kier molecular flexibility index (Phi) is 4.58. The van der Waals surface area contributed by atoms with Gasteiger partial charge in [0, 0.05) is 17.4 Å². The van der Waals surface area contributed by atoms with Crippen molar-refractivity contribution in [3.63, 3.8) is 0 Å². The summed E-state index contributed by atoms with van der Waals surface area (Å²) in [5.74, 6) is -0.0311.